The molecule has 1 atom stereocenters. The Morgan fingerprint density at radius 2 is 1.63 bits per heavy atom. The summed E-state index contributed by atoms with van der Waals surface area (Å²) in [5.41, 5.74) is 1.74. The molecule has 1 fully saturated rings. The number of hydrogen-bond acceptors (Lipinski definition) is 5. The molecule has 8 nitrogen and oxygen atoms in total. The molecule has 0 spiro atoms. The molecule has 0 radical (unpaired) electrons. The summed E-state index contributed by atoms with van der Waals surface area (Å²) in [4.78, 5) is 29.0. The maximum Gasteiger partial charge on any atom is 0.264 e. The van der Waals surface area contributed by atoms with Crippen molar-refractivity contribution in [2.75, 3.05) is 18.0 Å². The normalized spacial score (nSPS) is 14.5. The number of halogens is 2. The molecule has 1 N–H and O–H groups in total. The second-order valence-electron chi connectivity index (χ2n) is 10.8. The topological polar surface area (TPSA) is 96.0 Å². The predicted octanol–water partition coefficient (Wildman–Crippen LogP) is 6.37. The van der Waals surface area contributed by atoms with E-state index in [4.69, 9.17) is 27.9 Å². The Balaban J connectivity index is 1.71. The van der Waals surface area contributed by atoms with Gasteiger partial charge in [0.25, 0.3) is 10.0 Å². The first-order valence-electron chi connectivity index (χ1n) is 14.3. The number of carbonyl (C=O) groups is 2. The molecule has 43 heavy (non-hydrogen) atoms. The van der Waals surface area contributed by atoms with Crippen molar-refractivity contribution in [3.63, 3.8) is 0 Å². The van der Waals surface area contributed by atoms with E-state index in [1.807, 2.05) is 13.0 Å². The summed E-state index contributed by atoms with van der Waals surface area (Å²) in [5.74, 6) is -0.260. The van der Waals surface area contributed by atoms with Crippen molar-refractivity contribution in [2.24, 2.45) is 0 Å². The summed E-state index contributed by atoms with van der Waals surface area (Å²) in [7, 11) is -2.69. The molecule has 0 heterocycles. The van der Waals surface area contributed by atoms with Crippen LogP contribution in [0.25, 0.3) is 0 Å². The Labute approximate surface area is 264 Å². The van der Waals surface area contributed by atoms with Crippen LogP contribution in [0.2, 0.25) is 10.0 Å². The van der Waals surface area contributed by atoms with Gasteiger partial charge in [-0.1, -0.05) is 72.3 Å². The van der Waals surface area contributed by atoms with Gasteiger partial charge in [0.1, 0.15) is 18.3 Å². The lowest BCUT2D eigenvalue weighted by Gasteiger charge is -2.33. The van der Waals surface area contributed by atoms with Crippen LogP contribution in [0.3, 0.4) is 0 Å². The molecule has 0 bridgehead atoms. The van der Waals surface area contributed by atoms with E-state index < -0.39 is 28.5 Å². The van der Waals surface area contributed by atoms with Crippen molar-refractivity contribution in [3.05, 3.63) is 87.9 Å². The highest BCUT2D eigenvalue weighted by Gasteiger charge is 2.33. The van der Waals surface area contributed by atoms with Gasteiger partial charge in [0, 0.05) is 22.6 Å². The zero-order valence-corrected chi connectivity index (χ0v) is 26.9. The molecule has 0 aromatic heterocycles. The van der Waals surface area contributed by atoms with Crippen LogP contribution in [-0.2, 0) is 26.2 Å². The maximum absolute atomic E-state index is 14.2. The number of carbonyl (C=O) groups excluding carboxylic acids is 2. The number of nitrogens with zero attached hydrogens (tertiary/aromatic N) is 2. The van der Waals surface area contributed by atoms with E-state index >= 15 is 0 Å². The van der Waals surface area contributed by atoms with Crippen molar-refractivity contribution < 1.29 is 22.7 Å². The summed E-state index contributed by atoms with van der Waals surface area (Å²) < 4.78 is 34.4. The summed E-state index contributed by atoms with van der Waals surface area (Å²) in [6.45, 7) is 2.98. The van der Waals surface area contributed by atoms with Crippen LogP contribution in [0.5, 0.6) is 5.75 Å². The fraction of sp³-hybridized carbons (Fsp3) is 0.375. The summed E-state index contributed by atoms with van der Waals surface area (Å²) in [5, 5.41) is 3.53. The molecule has 0 saturated heterocycles. The fourth-order valence-corrected chi connectivity index (χ4v) is 7.08. The van der Waals surface area contributed by atoms with E-state index in [0.717, 1.165) is 47.5 Å². The van der Waals surface area contributed by atoms with Gasteiger partial charge >= 0.3 is 0 Å². The van der Waals surface area contributed by atoms with Crippen molar-refractivity contribution in [2.45, 2.75) is 69.5 Å². The molecule has 1 aliphatic rings. The number of ether oxygens (including phenoxy) is 1. The number of hydrogen-bond donors (Lipinski definition) is 1. The second-order valence-corrected chi connectivity index (χ2v) is 13.6. The Hall–Kier alpha value is -3.27. The molecule has 0 aliphatic heterocycles. The highest BCUT2D eigenvalue weighted by atomic mass is 35.5. The second kappa shape index (κ2) is 14.5. The van der Waals surface area contributed by atoms with Gasteiger partial charge in [0.05, 0.1) is 17.7 Å². The van der Waals surface area contributed by atoms with Gasteiger partial charge in [-0.15, -0.1) is 0 Å². The van der Waals surface area contributed by atoms with E-state index in [9.17, 15) is 18.0 Å². The molecule has 11 heteroatoms. The first-order chi connectivity index (χ1) is 20.5. The molecule has 0 unspecified atom stereocenters. The average molecular weight is 647 g/mol. The first-order valence-corrected chi connectivity index (χ1v) is 16.5. The maximum atomic E-state index is 14.2. The Morgan fingerprint density at radius 1 is 0.977 bits per heavy atom. The minimum absolute atomic E-state index is 0.00411. The van der Waals surface area contributed by atoms with Crippen molar-refractivity contribution in [1.29, 1.82) is 0 Å². The van der Waals surface area contributed by atoms with E-state index in [-0.39, 0.29) is 39.1 Å². The molecule has 4 rings (SSSR count). The van der Waals surface area contributed by atoms with Gasteiger partial charge in [-0.3, -0.25) is 13.9 Å². The van der Waals surface area contributed by atoms with E-state index in [1.165, 1.54) is 35.2 Å². The van der Waals surface area contributed by atoms with Crippen LogP contribution < -0.4 is 14.4 Å². The monoisotopic (exact) mass is 645 g/mol. The molecule has 2 amide bonds. The Morgan fingerprint density at radius 3 is 2.26 bits per heavy atom. The Bertz CT molecular complexity index is 1520. The van der Waals surface area contributed by atoms with Crippen molar-refractivity contribution in [1.82, 2.24) is 10.2 Å². The van der Waals surface area contributed by atoms with Gasteiger partial charge in [0.2, 0.25) is 11.8 Å². The molecule has 1 saturated carbocycles. The fourth-order valence-electron chi connectivity index (χ4n) is 5.17. The predicted molar refractivity (Wildman–Crippen MR) is 170 cm³/mol. The molecule has 3 aromatic carbocycles. The standard InChI is InChI=1S/C32H37Cl2N3O5S/c1-22-12-14-30(15-13-22)43(40,41)37(28-18-25(33)17-26(34)19-28)21-31(38)36(20-24-8-7-11-29(16-24)42-3)23(2)32(39)35-27-9-5-4-6-10-27/h7-8,11-19,23,27H,4-6,9-10,20-21H2,1-3H3,(H,35,39)/t23-/m0/s1. The highest BCUT2D eigenvalue weighted by Crippen LogP contribution is 2.30. The number of nitrogens with one attached hydrogen (secondary N) is 1. The molecular weight excluding hydrogens is 609 g/mol. The first kappa shape index (κ1) is 32.6. The van der Waals surface area contributed by atoms with Crippen LogP contribution in [0, 0.1) is 6.92 Å². The number of methoxy groups -OCH3 is 1. The van der Waals surface area contributed by atoms with Crippen molar-refractivity contribution >= 4 is 50.7 Å². The minimum Gasteiger partial charge on any atom is -0.497 e. The minimum atomic E-state index is -4.24. The van der Waals surface area contributed by atoms with Crippen LogP contribution in [0.1, 0.15) is 50.2 Å². The molecular formula is C32H37Cl2N3O5S. The third-order valence-corrected chi connectivity index (χ3v) is 9.85. The quantitative estimate of drug-likeness (QED) is 0.261. The number of benzene rings is 3. The smallest absolute Gasteiger partial charge is 0.264 e. The van der Waals surface area contributed by atoms with Crippen LogP contribution >= 0.6 is 23.2 Å². The van der Waals surface area contributed by atoms with E-state index in [0.29, 0.717) is 5.75 Å². The third kappa shape index (κ3) is 8.43. The molecule has 3 aromatic rings. The summed E-state index contributed by atoms with van der Waals surface area (Å²) in [6, 6.07) is 17.1. The van der Waals surface area contributed by atoms with Gasteiger partial charge < -0.3 is 15.0 Å². The van der Waals surface area contributed by atoms with Gasteiger partial charge in [0.15, 0.2) is 0 Å². The largest absolute Gasteiger partial charge is 0.497 e. The van der Waals surface area contributed by atoms with Crippen LogP contribution in [-0.4, -0.2) is 50.9 Å². The van der Waals surface area contributed by atoms with Crippen molar-refractivity contribution in [3.8, 4) is 5.75 Å². The zero-order chi connectivity index (χ0) is 31.1. The number of anilines is 1. The van der Waals surface area contributed by atoms with E-state index in [1.54, 1.807) is 44.4 Å². The third-order valence-electron chi connectivity index (χ3n) is 7.63. The van der Waals surface area contributed by atoms with Gasteiger partial charge in [-0.05, 0) is 74.7 Å². The molecule has 230 valence electrons. The molecule has 1 aliphatic carbocycles. The van der Waals surface area contributed by atoms with E-state index in [2.05, 4.69) is 5.32 Å². The highest BCUT2D eigenvalue weighted by molar-refractivity contribution is 7.92. The number of aryl methyl sites for hydroxylation is 1. The number of sulfonamides is 1. The number of rotatable bonds is 11. The Kier molecular flexibility index (Phi) is 11.0. The van der Waals surface area contributed by atoms with Gasteiger partial charge in [-0.2, -0.15) is 0 Å². The van der Waals surface area contributed by atoms with Crippen LogP contribution in [0.4, 0.5) is 5.69 Å². The summed E-state index contributed by atoms with van der Waals surface area (Å²) in [6.07, 6.45) is 5.00. The van der Waals surface area contributed by atoms with Crippen LogP contribution in [0.15, 0.2) is 71.6 Å². The number of amides is 2. The SMILES string of the molecule is COc1cccc(CN(C(=O)CN(c2cc(Cl)cc(Cl)c2)S(=O)(=O)c2ccc(C)cc2)[C@@H](C)C(=O)NC2CCCCC2)c1. The lowest BCUT2D eigenvalue weighted by molar-refractivity contribution is -0.139. The van der Waals surface area contributed by atoms with Gasteiger partial charge in [-0.25, -0.2) is 8.42 Å². The average Bonchev–Trinajstić information content (AvgIpc) is 2.98. The lowest BCUT2D eigenvalue weighted by atomic mass is 9.95. The zero-order valence-electron chi connectivity index (χ0n) is 24.6. The lowest BCUT2D eigenvalue weighted by Crippen LogP contribution is -2.53. The summed E-state index contributed by atoms with van der Waals surface area (Å²) >= 11 is 12.5.